The Bertz CT molecular complexity index is 1070. The maximum atomic E-state index is 11.1. The summed E-state index contributed by atoms with van der Waals surface area (Å²) in [6, 6.07) is 18.0. The van der Waals surface area contributed by atoms with Gasteiger partial charge in [0.15, 0.2) is 0 Å². The molecule has 0 unspecified atom stereocenters. The van der Waals surface area contributed by atoms with E-state index in [1.807, 2.05) is 12.1 Å². The van der Waals surface area contributed by atoms with Gasteiger partial charge in [-0.15, -0.1) is 0 Å². The standard InChI is InChI=1S/C22H20N4O2/c1-14(2)10-15-6-8-16(9-7-15)21-12-19(20(13-23)22(24)25-21)17-4-3-5-18(11-17)26(27)28/h3-9,11-12,14H,10H2,1-2H3,(H2,24,25). The number of benzene rings is 2. The molecule has 0 radical (unpaired) electrons. The highest BCUT2D eigenvalue weighted by Gasteiger charge is 2.16. The van der Waals surface area contributed by atoms with E-state index in [0.717, 1.165) is 12.0 Å². The number of nitro groups is 1. The van der Waals surface area contributed by atoms with Crippen molar-refractivity contribution in [3.05, 3.63) is 75.8 Å². The Morgan fingerprint density at radius 1 is 1.14 bits per heavy atom. The van der Waals surface area contributed by atoms with Crippen molar-refractivity contribution in [3.63, 3.8) is 0 Å². The monoisotopic (exact) mass is 372 g/mol. The van der Waals surface area contributed by atoms with Crippen LogP contribution in [0.5, 0.6) is 0 Å². The molecule has 0 atom stereocenters. The molecule has 28 heavy (non-hydrogen) atoms. The number of nitro benzene ring substituents is 1. The van der Waals surface area contributed by atoms with Gasteiger partial charge in [0.1, 0.15) is 17.5 Å². The molecule has 0 aliphatic heterocycles. The predicted octanol–water partition coefficient (Wildman–Crippen LogP) is 4.98. The van der Waals surface area contributed by atoms with Gasteiger partial charge in [-0.2, -0.15) is 5.26 Å². The first kappa shape index (κ1) is 19.1. The van der Waals surface area contributed by atoms with Gasteiger partial charge in [0, 0.05) is 23.3 Å². The van der Waals surface area contributed by atoms with E-state index in [2.05, 4.69) is 37.0 Å². The Balaban J connectivity index is 2.10. The van der Waals surface area contributed by atoms with Crippen molar-refractivity contribution in [1.29, 1.82) is 5.26 Å². The van der Waals surface area contributed by atoms with E-state index in [4.69, 9.17) is 5.73 Å². The van der Waals surface area contributed by atoms with Crippen LogP contribution >= 0.6 is 0 Å². The zero-order valence-corrected chi connectivity index (χ0v) is 15.7. The molecule has 0 spiro atoms. The van der Waals surface area contributed by atoms with Crippen molar-refractivity contribution in [2.75, 3.05) is 5.73 Å². The van der Waals surface area contributed by atoms with Gasteiger partial charge in [-0.3, -0.25) is 10.1 Å². The second kappa shape index (κ2) is 7.89. The second-order valence-corrected chi connectivity index (χ2v) is 7.03. The highest BCUT2D eigenvalue weighted by atomic mass is 16.6. The third kappa shape index (κ3) is 3.99. The van der Waals surface area contributed by atoms with Crippen LogP contribution in [0.4, 0.5) is 11.5 Å². The fraction of sp³-hybridized carbons (Fsp3) is 0.182. The van der Waals surface area contributed by atoms with Crippen LogP contribution in [0.2, 0.25) is 0 Å². The average molecular weight is 372 g/mol. The molecule has 0 saturated carbocycles. The lowest BCUT2D eigenvalue weighted by atomic mass is 9.97. The van der Waals surface area contributed by atoms with E-state index in [1.165, 1.54) is 17.7 Å². The zero-order valence-electron chi connectivity index (χ0n) is 15.7. The van der Waals surface area contributed by atoms with Crippen LogP contribution in [-0.4, -0.2) is 9.91 Å². The Kier molecular flexibility index (Phi) is 5.37. The Morgan fingerprint density at radius 3 is 2.46 bits per heavy atom. The SMILES string of the molecule is CC(C)Cc1ccc(-c2cc(-c3cccc([N+](=O)[O-])c3)c(C#N)c(N)n2)cc1. The largest absolute Gasteiger partial charge is 0.383 e. The topological polar surface area (TPSA) is 106 Å². The van der Waals surface area contributed by atoms with Crippen LogP contribution in [0.25, 0.3) is 22.4 Å². The number of pyridine rings is 1. The molecule has 6 heteroatoms. The van der Waals surface area contributed by atoms with Gasteiger partial charge in [-0.1, -0.05) is 50.2 Å². The lowest BCUT2D eigenvalue weighted by Gasteiger charge is -2.11. The summed E-state index contributed by atoms with van der Waals surface area (Å²) >= 11 is 0. The molecule has 140 valence electrons. The van der Waals surface area contributed by atoms with E-state index >= 15 is 0 Å². The minimum atomic E-state index is -0.464. The quantitative estimate of drug-likeness (QED) is 0.502. The predicted molar refractivity (Wildman–Crippen MR) is 109 cm³/mol. The third-order valence-electron chi connectivity index (χ3n) is 4.42. The number of nitriles is 1. The molecule has 2 aromatic carbocycles. The number of nitrogens with zero attached hydrogens (tertiary/aromatic N) is 3. The van der Waals surface area contributed by atoms with E-state index < -0.39 is 4.92 Å². The van der Waals surface area contributed by atoms with Crippen molar-refractivity contribution < 1.29 is 4.92 Å². The minimum absolute atomic E-state index is 0.0450. The summed E-state index contributed by atoms with van der Waals surface area (Å²) in [6.07, 6.45) is 0.988. The number of non-ortho nitro benzene ring substituents is 1. The van der Waals surface area contributed by atoms with Crippen LogP contribution in [0, 0.1) is 27.4 Å². The fourth-order valence-corrected chi connectivity index (χ4v) is 3.13. The van der Waals surface area contributed by atoms with E-state index in [0.29, 0.717) is 22.7 Å². The summed E-state index contributed by atoms with van der Waals surface area (Å²) in [5.74, 6) is 0.669. The first-order valence-corrected chi connectivity index (χ1v) is 8.93. The van der Waals surface area contributed by atoms with Gasteiger partial charge < -0.3 is 5.73 Å². The molecule has 0 aliphatic carbocycles. The van der Waals surface area contributed by atoms with Crippen LogP contribution in [-0.2, 0) is 6.42 Å². The van der Waals surface area contributed by atoms with Gasteiger partial charge >= 0.3 is 0 Å². The minimum Gasteiger partial charge on any atom is -0.383 e. The molecule has 0 bridgehead atoms. The summed E-state index contributed by atoms with van der Waals surface area (Å²) in [5.41, 5.74) is 10.0. The molecule has 1 aromatic heterocycles. The van der Waals surface area contributed by atoms with E-state index in [-0.39, 0.29) is 17.1 Å². The summed E-state index contributed by atoms with van der Waals surface area (Å²) in [7, 11) is 0. The molecule has 6 nitrogen and oxygen atoms in total. The number of nitrogens with two attached hydrogens (primary N) is 1. The lowest BCUT2D eigenvalue weighted by molar-refractivity contribution is -0.384. The molecular formula is C22H20N4O2. The highest BCUT2D eigenvalue weighted by molar-refractivity contribution is 5.80. The number of nitrogen functional groups attached to an aromatic ring is 1. The molecule has 3 rings (SSSR count). The average Bonchev–Trinajstić information content (AvgIpc) is 2.67. The van der Waals surface area contributed by atoms with Crippen molar-refractivity contribution in [3.8, 4) is 28.5 Å². The van der Waals surface area contributed by atoms with Crippen LogP contribution in [0.3, 0.4) is 0 Å². The number of hydrogen-bond acceptors (Lipinski definition) is 5. The maximum absolute atomic E-state index is 11.1. The molecule has 2 N–H and O–H groups in total. The summed E-state index contributed by atoms with van der Waals surface area (Å²) in [4.78, 5) is 15.0. The van der Waals surface area contributed by atoms with Crippen molar-refractivity contribution in [2.45, 2.75) is 20.3 Å². The summed E-state index contributed by atoms with van der Waals surface area (Å²) in [5, 5.41) is 20.6. The summed E-state index contributed by atoms with van der Waals surface area (Å²) in [6.45, 7) is 4.34. The molecule has 0 fully saturated rings. The van der Waals surface area contributed by atoms with Crippen LogP contribution < -0.4 is 5.73 Å². The number of hydrogen-bond donors (Lipinski definition) is 1. The molecule has 1 heterocycles. The maximum Gasteiger partial charge on any atom is 0.270 e. The van der Waals surface area contributed by atoms with Crippen molar-refractivity contribution in [2.24, 2.45) is 5.92 Å². The van der Waals surface area contributed by atoms with Crippen LogP contribution in [0.1, 0.15) is 25.0 Å². The van der Waals surface area contributed by atoms with Gasteiger partial charge in [0.2, 0.25) is 0 Å². The molecule has 0 saturated heterocycles. The van der Waals surface area contributed by atoms with Gasteiger partial charge in [0.25, 0.3) is 5.69 Å². The van der Waals surface area contributed by atoms with Crippen LogP contribution in [0.15, 0.2) is 54.6 Å². The van der Waals surface area contributed by atoms with Crippen molar-refractivity contribution >= 4 is 11.5 Å². The Hall–Kier alpha value is -3.72. The third-order valence-corrected chi connectivity index (χ3v) is 4.42. The second-order valence-electron chi connectivity index (χ2n) is 7.03. The highest BCUT2D eigenvalue weighted by Crippen LogP contribution is 2.32. The number of aromatic nitrogens is 1. The molecule has 3 aromatic rings. The molecule has 0 amide bonds. The lowest BCUT2D eigenvalue weighted by Crippen LogP contribution is -2.00. The molecule has 0 aliphatic rings. The zero-order chi connectivity index (χ0) is 20.3. The van der Waals surface area contributed by atoms with E-state index in [1.54, 1.807) is 18.2 Å². The fourth-order valence-electron chi connectivity index (χ4n) is 3.13. The van der Waals surface area contributed by atoms with Crippen molar-refractivity contribution in [1.82, 2.24) is 4.98 Å². The van der Waals surface area contributed by atoms with Gasteiger partial charge in [0.05, 0.1) is 10.6 Å². The number of anilines is 1. The number of rotatable bonds is 5. The van der Waals surface area contributed by atoms with E-state index in [9.17, 15) is 15.4 Å². The van der Waals surface area contributed by atoms with Gasteiger partial charge in [-0.25, -0.2) is 4.98 Å². The van der Waals surface area contributed by atoms with Gasteiger partial charge in [-0.05, 0) is 29.5 Å². The summed E-state index contributed by atoms with van der Waals surface area (Å²) < 4.78 is 0. The Morgan fingerprint density at radius 2 is 1.86 bits per heavy atom. The molecular weight excluding hydrogens is 352 g/mol. The normalized spacial score (nSPS) is 10.6. The smallest absolute Gasteiger partial charge is 0.270 e. The first-order chi connectivity index (χ1) is 13.4. The Labute approximate surface area is 163 Å². The first-order valence-electron chi connectivity index (χ1n) is 8.93.